The van der Waals surface area contributed by atoms with Crippen LogP contribution in [-0.2, 0) is 6.54 Å². The molecular formula is C13H18N6O. The molecule has 0 atom stereocenters. The van der Waals surface area contributed by atoms with Crippen LogP contribution in [0.5, 0.6) is 0 Å². The van der Waals surface area contributed by atoms with Crippen LogP contribution in [0.3, 0.4) is 0 Å². The maximum absolute atomic E-state index is 12.2. The SMILES string of the molecule is CCCn1cc(N)cc1C(=O)Nc1nnc(C)c(C)n1. The highest BCUT2D eigenvalue weighted by Gasteiger charge is 2.14. The number of hydrogen-bond acceptors (Lipinski definition) is 5. The Morgan fingerprint density at radius 1 is 1.35 bits per heavy atom. The quantitative estimate of drug-likeness (QED) is 0.881. The normalized spacial score (nSPS) is 10.6. The second-order valence-electron chi connectivity index (χ2n) is 4.61. The summed E-state index contributed by atoms with van der Waals surface area (Å²) >= 11 is 0. The fraction of sp³-hybridized carbons (Fsp3) is 0.385. The third-order valence-corrected chi connectivity index (χ3v) is 2.93. The standard InChI is InChI=1S/C13H18N6O/c1-4-5-19-7-10(14)6-11(19)12(20)16-13-15-8(2)9(3)17-18-13/h6-7H,4-5,14H2,1-3H3,(H,15,16,18,20). The Balaban J connectivity index is 2.21. The van der Waals surface area contributed by atoms with Crippen LogP contribution in [0.2, 0.25) is 0 Å². The van der Waals surface area contributed by atoms with E-state index in [-0.39, 0.29) is 11.9 Å². The summed E-state index contributed by atoms with van der Waals surface area (Å²) in [4.78, 5) is 16.4. The van der Waals surface area contributed by atoms with Crippen molar-refractivity contribution in [2.75, 3.05) is 11.1 Å². The van der Waals surface area contributed by atoms with Gasteiger partial charge in [-0.25, -0.2) is 4.98 Å². The van der Waals surface area contributed by atoms with E-state index >= 15 is 0 Å². The number of anilines is 2. The second-order valence-corrected chi connectivity index (χ2v) is 4.61. The largest absolute Gasteiger partial charge is 0.397 e. The van der Waals surface area contributed by atoms with Crippen molar-refractivity contribution in [3.63, 3.8) is 0 Å². The van der Waals surface area contributed by atoms with E-state index in [0.29, 0.717) is 11.4 Å². The van der Waals surface area contributed by atoms with Gasteiger partial charge in [0.25, 0.3) is 5.91 Å². The molecule has 0 bridgehead atoms. The maximum Gasteiger partial charge on any atom is 0.274 e. The molecule has 1 amide bonds. The van der Waals surface area contributed by atoms with Crippen molar-refractivity contribution in [2.45, 2.75) is 33.7 Å². The van der Waals surface area contributed by atoms with Gasteiger partial charge in [-0.3, -0.25) is 10.1 Å². The lowest BCUT2D eigenvalue weighted by atomic mass is 10.3. The molecule has 0 aromatic carbocycles. The summed E-state index contributed by atoms with van der Waals surface area (Å²) in [5, 5.41) is 10.4. The van der Waals surface area contributed by atoms with Gasteiger partial charge in [0, 0.05) is 12.7 Å². The average molecular weight is 274 g/mol. The van der Waals surface area contributed by atoms with Crippen molar-refractivity contribution in [1.82, 2.24) is 19.7 Å². The number of aromatic nitrogens is 4. The van der Waals surface area contributed by atoms with E-state index in [4.69, 9.17) is 5.73 Å². The number of rotatable bonds is 4. The number of hydrogen-bond donors (Lipinski definition) is 2. The molecule has 3 N–H and O–H groups in total. The van der Waals surface area contributed by atoms with Crippen LogP contribution in [-0.4, -0.2) is 25.7 Å². The molecule has 7 heteroatoms. The zero-order chi connectivity index (χ0) is 14.7. The minimum Gasteiger partial charge on any atom is -0.397 e. The van der Waals surface area contributed by atoms with Crippen molar-refractivity contribution in [3.8, 4) is 0 Å². The van der Waals surface area contributed by atoms with Gasteiger partial charge in [0.05, 0.1) is 17.1 Å². The summed E-state index contributed by atoms with van der Waals surface area (Å²) in [5.74, 6) is -0.0962. The van der Waals surface area contributed by atoms with Crippen LogP contribution >= 0.6 is 0 Å². The Bertz CT molecular complexity index is 634. The average Bonchev–Trinajstić information content (AvgIpc) is 2.75. The van der Waals surface area contributed by atoms with Gasteiger partial charge < -0.3 is 10.3 Å². The third-order valence-electron chi connectivity index (χ3n) is 2.93. The van der Waals surface area contributed by atoms with E-state index in [9.17, 15) is 4.79 Å². The molecular weight excluding hydrogens is 256 g/mol. The van der Waals surface area contributed by atoms with Crippen LogP contribution < -0.4 is 11.1 Å². The van der Waals surface area contributed by atoms with E-state index < -0.39 is 0 Å². The van der Waals surface area contributed by atoms with Gasteiger partial charge in [-0.05, 0) is 26.3 Å². The van der Waals surface area contributed by atoms with Gasteiger partial charge >= 0.3 is 0 Å². The highest BCUT2D eigenvalue weighted by Crippen LogP contribution is 2.13. The molecule has 0 aliphatic carbocycles. The predicted octanol–water partition coefficient (Wildman–Crippen LogP) is 1.53. The smallest absolute Gasteiger partial charge is 0.274 e. The number of nitrogen functional groups attached to an aromatic ring is 1. The van der Waals surface area contributed by atoms with Crippen molar-refractivity contribution >= 4 is 17.5 Å². The predicted molar refractivity (Wildman–Crippen MR) is 76.4 cm³/mol. The van der Waals surface area contributed by atoms with Crippen molar-refractivity contribution in [1.29, 1.82) is 0 Å². The first-order valence-corrected chi connectivity index (χ1v) is 6.46. The first kappa shape index (κ1) is 14.0. The molecule has 7 nitrogen and oxygen atoms in total. The van der Waals surface area contributed by atoms with Gasteiger partial charge in [-0.1, -0.05) is 6.92 Å². The van der Waals surface area contributed by atoms with Crippen LogP contribution in [0.1, 0.15) is 35.2 Å². The Morgan fingerprint density at radius 3 is 2.75 bits per heavy atom. The van der Waals surface area contributed by atoms with Gasteiger partial charge in [-0.15, -0.1) is 5.10 Å². The maximum atomic E-state index is 12.2. The fourth-order valence-corrected chi connectivity index (χ4v) is 1.82. The fourth-order valence-electron chi connectivity index (χ4n) is 1.82. The topological polar surface area (TPSA) is 98.7 Å². The summed E-state index contributed by atoms with van der Waals surface area (Å²) in [6.45, 7) is 6.39. The highest BCUT2D eigenvalue weighted by atomic mass is 16.2. The summed E-state index contributed by atoms with van der Waals surface area (Å²) < 4.78 is 1.82. The minimum atomic E-state index is -0.291. The van der Waals surface area contributed by atoms with Gasteiger partial charge in [0.2, 0.25) is 5.95 Å². The summed E-state index contributed by atoms with van der Waals surface area (Å²) in [6, 6.07) is 1.64. The first-order chi connectivity index (χ1) is 9.51. The molecule has 0 aliphatic heterocycles. The summed E-state index contributed by atoms with van der Waals surface area (Å²) in [6.07, 6.45) is 2.66. The Labute approximate surface area is 117 Å². The molecule has 0 unspecified atom stereocenters. The molecule has 0 fully saturated rings. The number of nitrogens with zero attached hydrogens (tertiary/aromatic N) is 4. The third kappa shape index (κ3) is 2.93. The Hall–Kier alpha value is -2.44. The van der Waals surface area contributed by atoms with Crippen molar-refractivity contribution in [3.05, 3.63) is 29.3 Å². The number of nitrogens with two attached hydrogens (primary N) is 1. The Morgan fingerprint density at radius 2 is 2.10 bits per heavy atom. The number of aryl methyl sites for hydroxylation is 3. The monoisotopic (exact) mass is 274 g/mol. The summed E-state index contributed by atoms with van der Waals surface area (Å²) in [7, 11) is 0. The van der Waals surface area contributed by atoms with Gasteiger partial charge in [0.1, 0.15) is 5.69 Å². The molecule has 106 valence electrons. The summed E-state index contributed by atoms with van der Waals surface area (Å²) in [5.41, 5.74) is 8.26. The second kappa shape index (κ2) is 5.68. The number of amides is 1. The van der Waals surface area contributed by atoms with Crippen LogP contribution in [0, 0.1) is 13.8 Å². The molecule has 0 saturated heterocycles. The van der Waals surface area contributed by atoms with Gasteiger partial charge in [-0.2, -0.15) is 5.10 Å². The number of nitrogens with one attached hydrogen (secondary N) is 1. The zero-order valence-electron chi connectivity index (χ0n) is 11.8. The lowest BCUT2D eigenvalue weighted by molar-refractivity contribution is 0.101. The first-order valence-electron chi connectivity index (χ1n) is 6.46. The Kier molecular flexibility index (Phi) is 3.97. The molecule has 0 spiro atoms. The molecule has 0 radical (unpaired) electrons. The molecule has 0 aliphatic rings. The van der Waals surface area contributed by atoms with Crippen molar-refractivity contribution < 1.29 is 4.79 Å². The van der Waals surface area contributed by atoms with Crippen LogP contribution in [0.25, 0.3) is 0 Å². The van der Waals surface area contributed by atoms with E-state index in [2.05, 4.69) is 20.5 Å². The highest BCUT2D eigenvalue weighted by molar-refractivity contribution is 6.02. The lowest BCUT2D eigenvalue weighted by Gasteiger charge is -2.08. The molecule has 2 aromatic heterocycles. The van der Waals surface area contributed by atoms with Crippen molar-refractivity contribution in [2.24, 2.45) is 0 Å². The minimum absolute atomic E-state index is 0.195. The molecule has 2 aromatic rings. The molecule has 2 rings (SSSR count). The zero-order valence-corrected chi connectivity index (χ0v) is 11.8. The molecule has 20 heavy (non-hydrogen) atoms. The lowest BCUT2D eigenvalue weighted by Crippen LogP contribution is -2.19. The van der Waals surface area contributed by atoms with E-state index in [1.807, 2.05) is 25.3 Å². The number of carbonyl (C=O) groups excluding carboxylic acids is 1. The number of carbonyl (C=O) groups is 1. The van der Waals surface area contributed by atoms with Crippen LogP contribution in [0.4, 0.5) is 11.6 Å². The molecule has 2 heterocycles. The molecule has 0 saturated carbocycles. The van der Waals surface area contributed by atoms with Gasteiger partial charge in [0.15, 0.2) is 0 Å². The van der Waals surface area contributed by atoms with Crippen LogP contribution in [0.15, 0.2) is 12.3 Å². The van der Waals surface area contributed by atoms with E-state index in [1.165, 1.54) is 0 Å². The van der Waals surface area contributed by atoms with E-state index in [1.54, 1.807) is 12.3 Å². The van der Waals surface area contributed by atoms with E-state index in [0.717, 1.165) is 24.4 Å².